The van der Waals surface area contributed by atoms with E-state index in [0.29, 0.717) is 0 Å². The smallest absolute Gasteiger partial charge is 0.137 e. The molecule has 0 spiro atoms. The number of aromatic nitrogens is 2. The second-order valence-corrected chi connectivity index (χ2v) is 5.57. The first-order chi connectivity index (χ1) is 9.81. The number of aliphatic hydroxyl groups excluding tert-OH is 1. The lowest BCUT2D eigenvalue weighted by atomic mass is 9.81. The van der Waals surface area contributed by atoms with Gasteiger partial charge in [-0.15, -0.1) is 0 Å². The standard InChI is InChI=1S/C15H21N3O2/c19-12-15(4-7-20-8-5-15)11-16-9-13-10-18-6-2-1-3-14(18)17-13/h1-3,6,10,16,19H,4-5,7-9,11-12H2. The highest BCUT2D eigenvalue weighted by atomic mass is 16.5. The Morgan fingerprint density at radius 1 is 1.35 bits per heavy atom. The number of nitrogens with zero attached hydrogens (tertiary/aromatic N) is 2. The van der Waals surface area contributed by atoms with E-state index < -0.39 is 0 Å². The van der Waals surface area contributed by atoms with Crippen molar-refractivity contribution < 1.29 is 9.84 Å². The Kier molecular flexibility index (Phi) is 4.00. The number of nitrogens with one attached hydrogen (secondary N) is 1. The van der Waals surface area contributed by atoms with Crippen LogP contribution in [-0.4, -0.2) is 40.9 Å². The van der Waals surface area contributed by atoms with Crippen molar-refractivity contribution in [3.63, 3.8) is 0 Å². The molecule has 108 valence electrons. The summed E-state index contributed by atoms with van der Waals surface area (Å²) in [5, 5.41) is 13.1. The Balaban J connectivity index is 1.58. The summed E-state index contributed by atoms with van der Waals surface area (Å²) in [5.74, 6) is 0. The number of hydrogen-bond donors (Lipinski definition) is 2. The number of pyridine rings is 1. The largest absolute Gasteiger partial charge is 0.396 e. The van der Waals surface area contributed by atoms with Crippen molar-refractivity contribution in [3.8, 4) is 0 Å². The van der Waals surface area contributed by atoms with Crippen LogP contribution in [0.15, 0.2) is 30.6 Å². The molecular formula is C15H21N3O2. The zero-order valence-electron chi connectivity index (χ0n) is 11.6. The summed E-state index contributed by atoms with van der Waals surface area (Å²) in [7, 11) is 0. The van der Waals surface area contributed by atoms with Crippen LogP contribution in [0.25, 0.3) is 5.65 Å². The van der Waals surface area contributed by atoms with Crippen LogP contribution in [0.4, 0.5) is 0 Å². The van der Waals surface area contributed by atoms with Gasteiger partial charge >= 0.3 is 0 Å². The zero-order chi connectivity index (χ0) is 13.8. The number of imidazole rings is 1. The number of rotatable bonds is 5. The van der Waals surface area contributed by atoms with E-state index in [1.54, 1.807) is 0 Å². The van der Waals surface area contributed by atoms with Gasteiger partial charge in [-0.25, -0.2) is 4.98 Å². The van der Waals surface area contributed by atoms with E-state index >= 15 is 0 Å². The predicted molar refractivity (Wildman–Crippen MR) is 76.5 cm³/mol. The highest BCUT2D eigenvalue weighted by Crippen LogP contribution is 2.29. The van der Waals surface area contributed by atoms with Gasteiger partial charge in [0, 0.05) is 44.1 Å². The highest BCUT2D eigenvalue weighted by Gasteiger charge is 2.31. The molecule has 2 N–H and O–H groups in total. The molecule has 0 unspecified atom stereocenters. The lowest BCUT2D eigenvalue weighted by molar-refractivity contribution is -0.0154. The molecule has 3 rings (SSSR count). The Labute approximate surface area is 118 Å². The van der Waals surface area contributed by atoms with Crippen molar-refractivity contribution >= 4 is 5.65 Å². The van der Waals surface area contributed by atoms with Crippen molar-refractivity contribution in [1.29, 1.82) is 0 Å². The summed E-state index contributed by atoms with van der Waals surface area (Å²) < 4.78 is 7.40. The summed E-state index contributed by atoms with van der Waals surface area (Å²) in [6, 6.07) is 5.98. The fourth-order valence-electron chi connectivity index (χ4n) is 2.72. The van der Waals surface area contributed by atoms with Gasteiger partial charge in [0.05, 0.1) is 12.3 Å². The second kappa shape index (κ2) is 5.91. The first-order valence-electron chi connectivity index (χ1n) is 7.13. The van der Waals surface area contributed by atoms with Crippen molar-refractivity contribution in [3.05, 3.63) is 36.3 Å². The van der Waals surface area contributed by atoms with Crippen LogP contribution in [0.1, 0.15) is 18.5 Å². The van der Waals surface area contributed by atoms with E-state index in [9.17, 15) is 5.11 Å². The summed E-state index contributed by atoms with van der Waals surface area (Å²) in [5.41, 5.74) is 1.96. The minimum atomic E-state index is -0.0303. The third kappa shape index (κ3) is 2.85. The van der Waals surface area contributed by atoms with Crippen molar-refractivity contribution in [2.75, 3.05) is 26.4 Å². The van der Waals surface area contributed by atoms with E-state index in [1.807, 2.05) is 35.0 Å². The van der Waals surface area contributed by atoms with Crippen molar-refractivity contribution in [2.45, 2.75) is 19.4 Å². The van der Waals surface area contributed by atoms with E-state index in [4.69, 9.17) is 4.74 Å². The number of ether oxygens (including phenoxy) is 1. The van der Waals surface area contributed by atoms with Gasteiger partial charge in [0.1, 0.15) is 5.65 Å². The Hall–Kier alpha value is -1.43. The topological polar surface area (TPSA) is 58.8 Å². The van der Waals surface area contributed by atoms with Gasteiger partial charge in [0.25, 0.3) is 0 Å². The molecule has 0 amide bonds. The maximum atomic E-state index is 9.64. The van der Waals surface area contributed by atoms with E-state index in [0.717, 1.165) is 50.5 Å². The Morgan fingerprint density at radius 3 is 2.95 bits per heavy atom. The molecule has 0 bridgehead atoms. The molecule has 0 atom stereocenters. The van der Waals surface area contributed by atoms with Crippen LogP contribution >= 0.6 is 0 Å². The number of fused-ring (bicyclic) bond motifs is 1. The average Bonchev–Trinajstić information content (AvgIpc) is 2.91. The summed E-state index contributed by atoms with van der Waals surface area (Å²) >= 11 is 0. The second-order valence-electron chi connectivity index (χ2n) is 5.57. The van der Waals surface area contributed by atoms with Gasteiger partial charge in [-0.3, -0.25) is 0 Å². The van der Waals surface area contributed by atoms with Crippen LogP contribution in [0.3, 0.4) is 0 Å². The first kappa shape index (κ1) is 13.5. The molecule has 1 fully saturated rings. The summed E-state index contributed by atoms with van der Waals surface area (Å²) in [6.45, 7) is 3.24. The molecule has 5 heteroatoms. The third-order valence-corrected chi connectivity index (χ3v) is 4.11. The van der Waals surface area contributed by atoms with Crippen LogP contribution in [0.5, 0.6) is 0 Å². The molecule has 5 nitrogen and oxygen atoms in total. The van der Waals surface area contributed by atoms with Gasteiger partial charge in [-0.05, 0) is 25.0 Å². The van der Waals surface area contributed by atoms with Gasteiger partial charge in [0.15, 0.2) is 0 Å². The molecule has 0 aromatic carbocycles. The van der Waals surface area contributed by atoms with E-state index in [2.05, 4.69) is 10.3 Å². The van der Waals surface area contributed by atoms with Crippen molar-refractivity contribution in [2.24, 2.45) is 5.41 Å². The minimum absolute atomic E-state index is 0.0303. The van der Waals surface area contributed by atoms with Crippen LogP contribution < -0.4 is 5.32 Å². The van der Waals surface area contributed by atoms with Crippen LogP contribution in [0, 0.1) is 5.41 Å². The molecule has 20 heavy (non-hydrogen) atoms. The molecule has 3 heterocycles. The molecule has 0 radical (unpaired) electrons. The molecule has 0 saturated carbocycles. The van der Waals surface area contributed by atoms with Crippen molar-refractivity contribution in [1.82, 2.24) is 14.7 Å². The quantitative estimate of drug-likeness (QED) is 0.861. The average molecular weight is 275 g/mol. The molecule has 1 aliphatic rings. The normalized spacial score (nSPS) is 18.4. The lowest BCUT2D eigenvalue weighted by Gasteiger charge is -2.35. The monoisotopic (exact) mass is 275 g/mol. The SMILES string of the molecule is OCC1(CNCc2cn3ccccc3n2)CCOCC1. The maximum absolute atomic E-state index is 9.64. The molecule has 1 aliphatic heterocycles. The maximum Gasteiger partial charge on any atom is 0.137 e. The van der Waals surface area contributed by atoms with Crippen LogP contribution in [-0.2, 0) is 11.3 Å². The molecule has 1 saturated heterocycles. The summed E-state index contributed by atoms with van der Waals surface area (Å²) in [4.78, 5) is 4.56. The number of aliphatic hydroxyl groups is 1. The molecule has 2 aromatic rings. The highest BCUT2D eigenvalue weighted by molar-refractivity contribution is 5.39. The molecular weight excluding hydrogens is 254 g/mol. The third-order valence-electron chi connectivity index (χ3n) is 4.11. The fraction of sp³-hybridized carbons (Fsp3) is 0.533. The van der Waals surface area contributed by atoms with Gasteiger partial charge in [0.2, 0.25) is 0 Å². The summed E-state index contributed by atoms with van der Waals surface area (Å²) in [6.07, 6.45) is 5.88. The van der Waals surface area contributed by atoms with Gasteiger partial charge < -0.3 is 19.6 Å². The molecule has 0 aliphatic carbocycles. The lowest BCUT2D eigenvalue weighted by Crippen LogP contribution is -2.41. The number of hydrogen-bond acceptors (Lipinski definition) is 4. The predicted octanol–water partition coefficient (Wildman–Crippen LogP) is 1.21. The van der Waals surface area contributed by atoms with E-state index in [-0.39, 0.29) is 12.0 Å². The van der Waals surface area contributed by atoms with E-state index in [1.165, 1.54) is 0 Å². The van der Waals surface area contributed by atoms with Gasteiger partial charge in [-0.1, -0.05) is 6.07 Å². The Bertz CT molecular complexity index is 528. The van der Waals surface area contributed by atoms with Gasteiger partial charge in [-0.2, -0.15) is 0 Å². The molecule has 2 aromatic heterocycles. The van der Waals surface area contributed by atoms with Crippen LogP contribution in [0.2, 0.25) is 0 Å². The minimum Gasteiger partial charge on any atom is -0.396 e. The fourth-order valence-corrected chi connectivity index (χ4v) is 2.72. The first-order valence-corrected chi connectivity index (χ1v) is 7.13. The Morgan fingerprint density at radius 2 is 2.20 bits per heavy atom. The zero-order valence-corrected chi connectivity index (χ0v) is 11.6.